The van der Waals surface area contributed by atoms with Crippen LogP contribution in [-0.2, 0) is 0 Å². The second-order valence-electron chi connectivity index (χ2n) is 4.43. The summed E-state index contributed by atoms with van der Waals surface area (Å²) in [7, 11) is 4.02. The molecule has 1 aromatic heterocycles. The third-order valence-corrected chi connectivity index (χ3v) is 3.82. The number of likely N-dealkylation sites (tertiary alicyclic amines) is 1. The van der Waals surface area contributed by atoms with Gasteiger partial charge in [0, 0.05) is 20.1 Å². The molecule has 0 radical (unpaired) electrons. The molecule has 0 aromatic carbocycles. The molecule has 2 N–H and O–H groups in total. The summed E-state index contributed by atoms with van der Waals surface area (Å²) >= 11 is 3.50. The van der Waals surface area contributed by atoms with Gasteiger partial charge in [-0.3, -0.25) is 0 Å². The second-order valence-corrected chi connectivity index (χ2v) is 5.23. The number of halogens is 1. The molecule has 17 heavy (non-hydrogen) atoms. The Morgan fingerprint density at radius 2 is 2.24 bits per heavy atom. The summed E-state index contributed by atoms with van der Waals surface area (Å²) < 4.78 is 0.897. The largest absolute Gasteiger partial charge is 0.372 e. The number of nitrogens with one attached hydrogen (secondary N) is 2. The second kappa shape index (κ2) is 5.64. The molecule has 1 unspecified atom stereocenters. The van der Waals surface area contributed by atoms with Crippen molar-refractivity contribution in [2.45, 2.75) is 6.42 Å². The predicted octanol–water partition coefficient (Wildman–Crippen LogP) is 1.64. The molecule has 0 amide bonds. The third kappa shape index (κ3) is 3.07. The number of aromatic nitrogens is 2. The van der Waals surface area contributed by atoms with Crippen LogP contribution in [0.5, 0.6) is 0 Å². The molecular weight excluding hydrogens is 282 g/mol. The maximum absolute atomic E-state index is 4.24. The highest BCUT2D eigenvalue weighted by molar-refractivity contribution is 9.10. The van der Waals surface area contributed by atoms with E-state index >= 15 is 0 Å². The first kappa shape index (κ1) is 12.6. The van der Waals surface area contributed by atoms with Gasteiger partial charge in [-0.05, 0) is 41.9 Å². The summed E-state index contributed by atoms with van der Waals surface area (Å²) in [5.41, 5.74) is 0. The molecule has 2 heterocycles. The Bertz CT molecular complexity index is 384. The van der Waals surface area contributed by atoms with Crippen LogP contribution in [0.25, 0.3) is 0 Å². The van der Waals surface area contributed by atoms with E-state index in [1.54, 1.807) is 6.33 Å². The molecule has 1 saturated heterocycles. The molecule has 0 aliphatic carbocycles. The number of hydrogen-bond donors (Lipinski definition) is 2. The van der Waals surface area contributed by atoms with Gasteiger partial charge < -0.3 is 15.5 Å². The first-order chi connectivity index (χ1) is 8.20. The highest BCUT2D eigenvalue weighted by atomic mass is 79.9. The van der Waals surface area contributed by atoms with E-state index in [0.717, 1.165) is 29.2 Å². The summed E-state index contributed by atoms with van der Waals surface area (Å²) in [6.45, 7) is 3.32. The van der Waals surface area contributed by atoms with Gasteiger partial charge in [-0.1, -0.05) is 0 Å². The van der Waals surface area contributed by atoms with Crippen LogP contribution in [0.4, 0.5) is 11.6 Å². The van der Waals surface area contributed by atoms with Gasteiger partial charge >= 0.3 is 0 Å². The van der Waals surface area contributed by atoms with Crippen LogP contribution in [0.2, 0.25) is 0 Å². The Labute approximate surface area is 110 Å². The van der Waals surface area contributed by atoms with Crippen molar-refractivity contribution in [3.63, 3.8) is 0 Å². The lowest BCUT2D eigenvalue weighted by Gasteiger charge is -2.13. The van der Waals surface area contributed by atoms with Crippen LogP contribution >= 0.6 is 15.9 Å². The van der Waals surface area contributed by atoms with Crippen molar-refractivity contribution in [2.75, 3.05) is 44.4 Å². The topological polar surface area (TPSA) is 53.1 Å². The van der Waals surface area contributed by atoms with Crippen molar-refractivity contribution in [2.24, 2.45) is 5.92 Å². The lowest BCUT2D eigenvalue weighted by molar-refractivity contribution is 0.399. The Morgan fingerprint density at radius 1 is 1.47 bits per heavy atom. The highest BCUT2D eigenvalue weighted by Gasteiger charge is 2.19. The fourth-order valence-electron chi connectivity index (χ4n) is 2.10. The molecule has 6 heteroatoms. The molecule has 1 aromatic rings. The van der Waals surface area contributed by atoms with Gasteiger partial charge in [0.05, 0.1) is 0 Å². The molecule has 1 fully saturated rings. The molecule has 1 aliphatic heterocycles. The first-order valence-corrected chi connectivity index (χ1v) is 6.60. The fourth-order valence-corrected chi connectivity index (χ4v) is 2.64. The summed E-state index contributed by atoms with van der Waals surface area (Å²) in [4.78, 5) is 10.7. The van der Waals surface area contributed by atoms with Crippen LogP contribution in [0, 0.1) is 5.92 Å². The Hall–Kier alpha value is -0.880. The first-order valence-electron chi connectivity index (χ1n) is 5.81. The van der Waals surface area contributed by atoms with Crippen LogP contribution in [-0.4, -0.2) is 48.6 Å². The molecule has 0 spiro atoms. The van der Waals surface area contributed by atoms with E-state index in [9.17, 15) is 0 Å². The molecule has 1 aliphatic rings. The molecule has 1 atom stereocenters. The Kier molecular flexibility index (Phi) is 4.17. The van der Waals surface area contributed by atoms with Gasteiger partial charge in [0.1, 0.15) is 22.4 Å². The smallest absolute Gasteiger partial charge is 0.145 e. The van der Waals surface area contributed by atoms with Crippen molar-refractivity contribution >= 4 is 27.6 Å². The van der Waals surface area contributed by atoms with Gasteiger partial charge in [-0.2, -0.15) is 0 Å². The van der Waals surface area contributed by atoms with Gasteiger partial charge in [0.2, 0.25) is 0 Å². The van der Waals surface area contributed by atoms with Crippen LogP contribution in [0.15, 0.2) is 10.8 Å². The van der Waals surface area contributed by atoms with Crippen LogP contribution < -0.4 is 10.6 Å². The lowest BCUT2D eigenvalue weighted by atomic mass is 10.1. The average molecular weight is 300 g/mol. The third-order valence-electron chi connectivity index (χ3n) is 3.07. The average Bonchev–Trinajstić information content (AvgIpc) is 2.74. The van der Waals surface area contributed by atoms with E-state index in [-0.39, 0.29) is 0 Å². The SMILES string of the molecule is CNc1ncnc(NCC2CCN(C)C2)c1Br. The van der Waals surface area contributed by atoms with Gasteiger partial charge in [-0.25, -0.2) is 9.97 Å². The van der Waals surface area contributed by atoms with E-state index in [4.69, 9.17) is 0 Å². The quantitative estimate of drug-likeness (QED) is 0.885. The number of anilines is 2. The molecule has 2 rings (SSSR count). The zero-order valence-corrected chi connectivity index (χ0v) is 11.8. The van der Waals surface area contributed by atoms with Crippen molar-refractivity contribution in [1.29, 1.82) is 0 Å². The Morgan fingerprint density at radius 3 is 2.88 bits per heavy atom. The minimum absolute atomic E-state index is 0.708. The van der Waals surface area contributed by atoms with Crippen molar-refractivity contribution in [3.8, 4) is 0 Å². The zero-order chi connectivity index (χ0) is 12.3. The molecule has 0 saturated carbocycles. The summed E-state index contributed by atoms with van der Waals surface area (Å²) in [6.07, 6.45) is 2.82. The van der Waals surface area contributed by atoms with E-state index in [1.165, 1.54) is 13.0 Å². The van der Waals surface area contributed by atoms with Crippen LogP contribution in [0.3, 0.4) is 0 Å². The van der Waals surface area contributed by atoms with E-state index in [1.807, 2.05) is 7.05 Å². The van der Waals surface area contributed by atoms with Crippen molar-refractivity contribution in [3.05, 3.63) is 10.8 Å². The predicted molar refractivity (Wildman–Crippen MR) is 73.4 cm³/mol. The van der Waals surface area contributed by atoms with E-state index in [2.05, 4.69) is 48.5 Å². The van der Waals surface area contributed by atoms with E-state index < -0.39 is 0 Å². The number of nitrogens with zero attached hydrogens (tertiary/aromatic N) is 3. The zero-order valence-electron chi connectivity index (χ0n) is 10.2. The van der Waals surface area contributed by atoms with Gasteiger partial charge in [0.25, 0.3) is 0 Å². The number of hydrogen-bond acceptors (Lipinski definition) is 5. The number of rotatable bonds is 4. The molecular formula is C11H18BrN5. The summed E-state index contributed by atoms with van der Waals surface area (Å²) in [6, 6.07) is 0. The molecule has 0 bridgehead atoms. The maximum atomic E-state index is 4.24. The minimum Gasteiger partial charge on any atom is -0.372 e. The lowest BCUT2D eigenvalue weighted by Crippen LogP contribution is -2.19. The highest BCUT2D eigenvalue weighted by Crippen LogP contribution is 2.26. The summed E-state index contributed by atoms with van der Waals surface area (Å²) in [5.74, 6) is 2.38. The minimum atomic E-state index is 0.708. The maximum Gasteiger partial charge on any atom is 0.145 e. The fraction of sp³-hybridized carbons (Fsp3) is 0.636. The monoisotopic (exact) mass is 299 g/mol. The van der Waals surface area contributed by atoms with Crippen molar-refractivity contribution < 1.29 is 0 Å². The van der Waals surface area contributed by atoms with Crippen molar-refractivity contribution in [1.82, 2.24) is 14.9 Å². The molecule has 94 valence electrons. The summed E-state index contributed by atoms with van der Waals surface area (Å²) in [5, 5.41) is 6.41. The van der Waals surface area contributed by atoms with Gasteiger partial charge in [0.15, 0.2) is 0 Å². The standard InChI is InChI=1S/C11H18BrN5/c1-13-10-9(12)11(16-7-15-10)14-5-8-3-4-17(2)6-8/h7-8H,3-6H2,1-2H3,(H2,13,14,15,16). The van der Waals surface area contributed by atoms with E-state index in [0.29, 0.717) is 5.92 Å². The molecule has 5 nitrogen and oxygen atoms in total. The Balaban J connectivity index is 1.95. The van der Waals surface area contributed by atoms with Gasteiger partial charge in [-0.15, -0.1) is 0 Å². The normalized spacial score (nSPS) is 20.5. The van der Waals surface area contributed by atoms with Crippen LogP contribution in [0.1, 0.15) is 6.42 Å².